The highest BCUT2D eigenvalue weighted by Gasteiger charge is 2.05. The third kappa shape index (κ3) is 5.93. The molecule has 7 heteroatoms. The lowest BCUT2D eigenvalue weighted by molar-refractivity contribution is 0.745. The molecule has 0 spiro atoms. The van der Waals surface area contributed by atoms with Crippen LogP contribution in [-0.2, 0) is 13.0 Å². The van der Waals surface area contributed by atoms with Gasteiger partial charge in [-0.05, 0) is 45.2 Å². The molecule has 0 radical (unpaired) electrons. The molecular formula is C20H28IN5S. The maximum atomic E-state index is 4.66. The monoisotopic (exact) mass is 497 g/mol. The van der Waals surface area contributed by atoms with Crippen LogP contribution in [-0.4, -0.2) is 29.0 Å². The zero-order chi connectivity index (χ0) is 18.4. The number of benzene rings is 1. The highest BCUT2D eigenvalue weighted by atomic mass is 127. The summed E-state index contributed by atoms with van der Waals surface area (Å²) in [5.41, 5.74) is 3.69. The molecule has 0 aliphatic heterocycles. The molecule has 146 valence electrons. The van der Waals surface area contributed by atoms with E-state index in [1.165, 1.54) is 21.3 Å². The molecule has 0 aliphatic carbocycles. The Morgan fingerprint density at radius 2 is 2.04 bits per heavy atom. The van der Waals surface area contributed by atoms with Crippen molar-refractivity contribution in [1.82, 2.24) is 20.6 Å². The smallest absolute Gasteiger partial charge is 0.191 e. The van der Waals surface area contributed by atoms with Crippen molar-refractivity contribution in [3.8, 4) is 0 Å². The van der Waals surface area contributed by atoms with Crippen molar-refractivity contribution in [1.29, 1.82) is 0 Å². The first-order valence-corrected chi connectivity index (χ1v) is 9.99. The van der Waals surface area contributed by atoms with Gasteiger partial charge in [0.1, 0.15) is 5.01 Å². The lowest BCUT2D eigenvalue weighted by atomic mass is 10.1. The Bertz CT molecular complexity index is 864. The number of guanidine groups is 1. The van der Waals surface area contributed by atoms with E-state index < -0.39 is 0 Å². The molecule has 0 atom stereocenters. The first kappa shape index (κ1) is 21.7. The van der Waals surface area contributed by atoms with Crippen LogP contribution in [0.4, 0.5) is 0 Å². The molecule has 0 unspecified atom stereocenters. The molecule has 5 nitrogen and oxygen atoms in total. The lowest BCUT2D eigenvalue weighted by Gasteiger charge is -2.10. The van der Waals surface area contributed by atoms with Gasteiger partial charge in [0.25, 0.3) is 0 Å². The maximum Gasteiger partial charge on any atom is 0.191 e. The molecule has 0 aliphatic rings. The number of nitrogens with one attached hydrogen (secondary N) is 3. The molecule has 27 heavy (non-hydrogen) atoms. The van der Waals surface area contributed by atoms with E-state index in [4.69, 9.17) is 0 Å². The number of fused-ring (bicyclic) bond motifs is 1. The number of para-hydroxylation sites is 1. The van der Waals surface area contributed by atoms with Gasteiger partial charge in [-0.3, -0.25) is 0 Å². The number of aliphatic imine (C=N–C) groups is 1. The minimum absolute atomic E-state index is 0. The fourth-order valence-corrected chi connectivity index (χ4v) is 3.78. The zero-order valence-corrected chi connectivity index (χ0v) is 19.3. The van der Waals surface area contributed by atoms with Gasteiger partial charge in [0.2, 0.25) is 0 Å². The predicted octanol–water partition coefficient (Wildman–Crippen LogP) is 4.55. The largest absolute Gasteiger partial charge is 0.361 e. The minimum Gasteiger partial charge on any atom is -0.361 e. The zero-order valence-electron chi connectivity index (χ0n) is 16.1. The molecular weight excluding hydrogens is 469 g/mol. The fourth-order valence-electron chi connectivity index (χ4n) is 2.92. The number of hydrogen-bond acceptors (Lipinski definition) is 3. The van der Waals surface area contributed by atoms with Crippen LogP contribution in [0.15, 0.2) is 35.5 Å². The van der Waals surface area contributed by atoms with Gasteiger partial charge in [-0.2, -0.15) is 0 Å². The van der Waals surface area contributed by atoms with Gasteiger partial charge in [-0.1, -0.05) is 18.2 Å². The summed E-state index contributed by atoms with van der Waals surface area (Å²) in [4.78, 5) is 13.8. The normalized spacial score (nSPS) is 11.4. The Morgan fingerprint density at radius 3 is 2.78 bits per heavy atom. The number of H-pyrrole nitrogens is 1. The summed E-state index contributed by atoms with van der Waals surface area (Å²) in [6.45, 7) is 8.60. The first-order chi connectivity index (χ1) is 12.7. The fraction of sp³-hybridized carbons (Fsp3) is 0.400. The van der Waals surface area contributed by atoms with Crippen LogP contribution >= 0.6 is 35.3 Å². The van der Waals surface area contributed by atoms with E-state index in [1.807, 2.05) is 6.92 Å². The topological polar surface area (TPSA) is 65.1 Å². The van der Waals surface area contributed by atoms with E-state index in [1.54, 1.807) is 11.3 Å². The Labute approximate surface area is 182 Å². The SMILES string of the molecule is CCNC(=NCc1nc(C)c(C)s1)NCCCc1c[nH]c2ccccc12.I. The lowest BCUT2D eigenvalue weighted by Crippen LogP contribution is -2.37. The minimum atomic E-state index is 0. The van der Waals surface area contributed by atoms with Crippen LogP contribution in [0.3, 0.4) is 0 Å². The van der Waals surface area contributed by atoms with Crippen LogP contribution in [0.2, 0.25) is 0 Å². The quantitative estimate of drug-likeness (QED) is 0.194. The molecule has 1 aromatic carbocycles. The second-order valence-electron chi connectivity index (χ2n) is 6.33. The Balaban J connectivity index is 0.00000261. The first-order valence-electron chi connectivity index (χ1n) is 9.17. The molecule has 0 amide bonds. The average molecular weight is 497 g/mol. The standard InChI is InChI=1S/C20H27N5S.HI/c1-4-21-20(24-13-19-25-14(2)15(3)26-19)22-11-7-8-16-12-23-18-10-6-5-9-17(16)18;/h5-6,9-10,12,23H,4,7-8,11,13H2,1-3H3,(H2,21,22,24);1H. The second-order valence-corrected chi connectivity index (χ2v) is 7.62. The van der Waals surface area contributed by atoms with Gasteiger partial charge < -0.3 is 15.6 Å². The Morgan fingerprint density at radius 1 is 1.22 bits per heavy atom. The molecule has 2 aromatic heterocycles. The van der Waals surface area contributed by atoms with Crippen molar-refractivity contribution < 1.29 is 0 Å². The van der Waals surface area contributed by atoms with Gasteiger partial charge in [-0.15, -0.1) is 35.3 Å². The van der Waals surface area contributed by atoms with E-state index in [0.29, 0.717) is 6.54 Å². The summed E-state index contributed by atoms with van der Waals surface area (Å²) >= 11 is 1.72. The van der Waals surface area contributed by atoms with Crippen molar-refractivity contribution in [3.05, 3.63) is 51.6 Å². The number of aryl methyl sites for hydroxylation is 3. The van der Waals surface area contributed by atoms with Crippen LogP contribution < -0.4 is 10.6 Å². The van der Waals surface area contributed by atoms with E-state index in [9.17, 15) is 0 Å². The molecule has 0 fully saturated rings. The second kappa shape index (κ2) is 10.7. The summed E-state index contributed by atoms with van der Waals surface area (Å²) in [7, 11) is 0. The molecule has 0 saturated carbocycles. The van der Waals surface area contributed by atoms with Gasteiger partial charge in [0, 0.05) is 35.1 Å². The number of aromatic nitrogens is 2. The number of nitrogens with zero attached hydrogens (tertiary/aromatic N) is 2. The number of hydrogen-bond donors (Lipinski definition) is 3. The molecule has 3 rings (SSSR count). The highest BCUT2D eigenvalue weighted by molar-refractivity contribution is 14.0. The third-order valence-corrected chi connectivity index (χ3v) is 5.44. The van der Waals surface area contributed by atoms with Crippen LogP contribution in [0.5, 0.6) is 0 Å². The van der Waals surface area contributed by atoms with E-state index in [2.05, 4.69) is 69.9 Å². The number of aromatic amines is 1. The van der Waals surface area contributed by atoms with Gasteiger partial charge >= 0.3 is 0 Å². The maximum absolute atomic E-state index is 4.66. The highest BCUT2D eigenvalue weighted by Crippen LogP contribution is 2.19. The molecule has 3 aromatic rings. The molecule has 2 heterocycles. The summed E-state index contributed by atoms with van der Waals surface area (Å²) in [5.74, 6) is 0.858. The van der Waals surface area contributed by atoms with Gasteiger partial charge in [-0.25, -0.2) is 9.98 Å². The van der Waals surface area contributed by atoms with Crippen molar-refractivity contribution in [2.24, 2.45) is 4.99 Å². The van der Waals surface area contributed by atoms with Gasteiger partial charge in [0.05, 0.1) is 12.2 Å². The predicted molar refractivity (Wildman–Crippen MR) is 126 cm³/mol. The molecule has 3 N–H and O–H groups in total. The Kier molecular flexibility index (Phi) is 8.56. The van der Waals surface area contributed by atoms with Crippen LogP contribution in [0.25, 0.3) is 10.9 Å². The molecule has 0 saturated heterocycles. The number of thiazole rings is 1. The summed E-state index contributed by atoms with van der Waals surface area (Å²) in [6, 6.07) is 8.46. The van der Waals surface area contributed by atoms with Crippen LogP contribution in [0.1, 0.15) is 34.5 Å². The number of halogens is 1. The summed E-state index contributed by atoms with van der Waals surface area (Å²) < 4.78 is 0. The van der Waals surface area contributed by atoms with E-state index >= 15 is 0 Å². The average Bonchev–Trinajstić information content (AvgIpc) is 3.20. The molecule has 0 bridgehead atoms. The van der Waals surface area contributed by atoms with Gasteiger partial charge in [0.15, 0.2) is 5.96 Å². The summed E-state index contributed by atoms with van der Waals surface area (Å²) in [5, 5.41) is 9.12. The van der Waals surface area contributed by atoms with E-state index in [0.717, 1.165) is 42.6 Å². The Hall–Kier alpha value is -1.61. The van der Waals surface area contributed by atoms with E-state index in [-0.39, 0.29) is 24.0 Å². The summed E-state index contributed by atoms with van der Waals surface area (Å²) in [6.07, 6.45) is 4.22. The van der Waals surface area contributed by atoms with Crippen molar-refractivity contribution in [2.45, 2.75) is 40.2 Å². The van der Waals surface area contributed by atoms with Crippen LogP contribution in [0, 0.1) is 13.8 Å². The van der Waals surface area contributed by atoms with Crippen molar-refractivity contribution in [2.75, 3.05) is 13.1 Å². The van der Waals surface area contributed by atoms with Crippen molar-refractivity contribution >= 4 is 52.2 Å². The van der Waals surface area contributed by atoms with Crippen molar-refractivity contribution in [3.63, 3.8) is 0 Å². The third-order valence-electron chi connectivity index (χ3n) is 4.38. The number of rotatable bonds is 7.